The van der Waals surface area contributed by atoms with Gasteiger partial charge in [0.2, 0.25) is 5.91 Å². The number of hydrogen-bond donors (Lipinski definition) is 2. The van der Waals surface area contributed by atoms with E-state index >= 15 is 0 Å². The molecule has 0 saturated heterocycles. The van der Waals surface area contributed by atoms with Crippen molar-refractivity contribution in [3.8, 4) is 0 Å². The molecule has 4 nitrogen and oxygen atoms in total. The van der Waals surface area contributed by atoms with Crippen molar-refractivity contribution >= 4 is 27.8 Å². The third-order valence-electron chi connectivity index (χ3n) is 2.73. The number of amides is 1. The molecule has 2 N–H and O–H groups in total. The van der Waals surface area contributed by atoms with Gasteiger partial charge in [-0.3, -0.25) is 4.79 Å². The summed E-state index contributed by atoms with van der Waals surface area (Å²) in [4.78, 5) is 22.7. The van der Waals surface area contributed by atoms with Gasteiger partial charge in [-0.2, -0.15) is 0 Å². The lowest BCUT2D eigenvalue weighted by Gasteiger charge is -2.19. The number of carbonyl (C=O) groups excluding carboxylic acids is 1. The van der Waals surface area contributed by atoms with Crippen molar-refractivity contribution in [3.63, 3.8) is 0 Å². The third kappa shape index (κ3) is 5.03. The van der Waals surface area contributed by atoms with E-state index in [4.69, 9.17) is 0 Å². The average Bonchev–Trinajstić information content (AvgIpc) is 2.37. The molecule has 0 aliphatic rings. The summed E-state index contributed by atoms with van der Waals surface area (Å²) in [6.07, 6.45) is 0.278. The minimum atomic E-state index is -1.03. The van der Waals surface area contributed by atoms with Crippen LogP contribution in [0.3, 0.4) is 0 Å². The maximum absolute atomic E-state index is 11.9. The Bertz CT molecular complexity index is 434. The fourth-order valence-electron chi connectivity index (χ4n) is 1.60. The lowest BCUT2D eigenvalue weighted by Crippen LogP contribution is -2.46. The van der Waals surface area contributed by atoms with E-state index in [0.717, 1.165) is 5.56 Å². The topological polar surface area (TPSA) is 66.4 Å². The van der Waals surface area contributed by atoms with Gasteiger partial charge in [-0.15, -0.1) is 0 Å². The maximum atomic E-state index is 11.9. The Morgan fingerprint density at radius 2 is 1.84 bits per heavy atom. The molecule has 104 valence electrons. The van der Waals surface area contributed by atoms with Crippen molar-refractivity contribution in [2.24, 2.45) is 5.92 Å². The van der Waals surface area contributed by atoms with E-state index in [1.165, 1.54) is 0 Å². The summed E-state index contributed by atoms with van der Waals surface area (Å²) in [6, 6.07) is 8.33. The van der Waals surface area contributed by atoms with Crippen LogP contribution in [0, 0.1) is 5.92 Å². The molecule has 0 unspecified atom stereocenters. The lowest BCUT2D eigenvalue weighted by atomic mass is 10.0. The van der Waals surface area contributed by atoms with Crippen molar-refractivity contribution in [2.45, 2.75) is 31.1 Å². The second kappa shape index (κ2) is 7.28. The predicted octanol–water partition coefficient (Wildman–Crippen LogP) is 2.22. The Kier molecular flexibility index (Phi) is 6.02. The molecule has 0 aliphatic carbocycles. The van der Waals surface area contributed by atoms with E-state index in [-0.39, 0.29) is 23.1 Å². The minimum Gasteiger partial charge on any atom is -0.480 e. The number of aliphatic carboxylic acids is 1. The molecule has 1 aromatic carbocycles. The number of hydrogen-bond acceptors (Lipinski definition) is 2. The molecule has 0 spiro atoms. The van der Waals surface area contributed by atoms with Gasteiger partial charge in [-0.05, 0) is 11.5 Å². The first kappa shape index (κ1) is 15.7. The van der Waals surface area contributed by atoms with Crippen molar-refractivity contribution in [1.82, 2.24) is 5.32 Å². The molecule has 1 rings (SSSR count). The second-order valence-corrected chi connectivity index (χ2v) is 5.72. The molecule has 2 atom stereocenters. The Morgan fingerprint density at radius 1 is 1.26 bits per heavy atom. The minimum absolute atomic E-state index is 0.103. The van der Waals surface area contributed by atoms with Gasteiger partial charge >= 0.3 is 5.97 Å². The van der Waals surface area contributed by atoms with E-state index in [9.17, 15) is 14.7 Å². The zero-order chi connectivity index (χ0) is 14.4. The first-order valence-corrected chi connectivity index (χ1v) is 7.04. The zero-order valence-corrected chi connectivity index (χ0v) is 12.6. The first-order valence-electron chi connectivity index (χ1n) is 6.13. The standard InChI is InChI=1S/C14H18BrNO3/c1-9(2)12(15)13(17)16-11(14(18)19)8-10-6-4-3-5-7-10/h3-7,9,11-12H,8H2,1-2H3,(H,16,17)(H,18,19)/t11-,12+/m0/s1. The number of halogens is 1. The monoisotopic (exact) mass is 327 g/mol. The number of carbonyl (C=O) groups is 2. The molecular formula is C14H18BrNO3. The SMILES string of the molecule is CC(C)[C@@H](Br)C(=O)N[C@@H](Cc1ccccc1)C(=O)O. The number of carboxylic acid groups (broad SMARTS) is 1. The molecule has 1 aromatic rings. The van der Waals surface area contributed by atoms with Crippen LogP contribution < -0.4 is 5.32 Å². The van der Waals surface area contributed by atoms with Crippen LogP contribution in [-0.2, 0) is 16.0 Å². The van der Waals surface area contributed by atoms with Gasteiger partial charge in [0.05, 0.1) is 4.83 Å². The highest BCUT2D eigenvalue weighted by atomic mass is 79.9. The Morgan fingerprint density at radius 3 is 2.32 bits per heavy atom. The third-order valence-corrected chi connectivity index (χ3v) is 4.21. The molecule has 0 heterocycles. The van der Waals surface area contributed by atoms with E-state index in [1.807, 2.05) is 44.2 Å². The molecule has 1 amide bonds. The molecule has 0 saturated carbocycles. The van der Waals surface area contributed by atoms with E-state index in [0.29, 0.717) is 0 Å². The first-order chi connectivity index (χ1) is 8.91. The summed E-state index contributed by atoms with van der Waals surface area (Å²) in [5.41, 5.74) is 0.880. The smallest absolute Gasteiger partial charge is 0.326 e. The van der Waals surface area contributed by atoms with Crippen LogP contribution in [0.25, 0.3) is 0 Å². The van der Waals surface area contributed by atoms with Gasteiger partial charge in [-0.25, -0.2) is 4.79 Å². The van der Waals surface area contributed by atoms with Gasteiger partial charge in [0.25, 0.3) is 0 Å². The Labute approximate surface area is 121 Å². The quantitative estimate of drug-likeness (QED) is 0.787. The molecule has 0 radical (unpaired) electrons. The average molecular weight is 328 g/mol. The molecule has 0 bridgehead atoms. The summed E-state index contributed by atoms with van der Waals surface area (Å²) in [5.74, 6) is -1.22. The summed E-state index contributed by atoms with van der Waals surface area (Å²) >= 11 is 3.27. The molecule has 0 aromatic heterocycles. The largest absolute Gasteiger partial charge is 0.480 e. The fraction of sp³-hybridized carbons (Fsp3) is 0.429. The second-order valence-electron chi connectivity index (χ2n) is 4.73. The van der Waals surface area contributed by atoms with E-state index in [2.05, 4.69) is 21.2 Å². The van der Waals surface area contributed by atoms with Crippen LogP contribution in [-0.4, -0.2) is 27.9 Å². The van der Waals surface area contributed by atoms with Crippen LogP contribution in [0.5, 0.6) is 0 Å². The van der Waals surface area contributed by atoms with Crippen molar-refractivity contribution in [2.75, 3.05) is 0 Å². The molecule has 19 heavy (non-hydrogen) atoms. The molecule has 5 heteroatoms. The summed E-state index contributed by atoms with van der Waals surface area (Å²) in [7, 11) is 0. The van der Waals surface area contributed by atoms with Crippen molar-refractivity contribution in [3.05, 3.63) is 35.9 Å². The highest BCUT2D eigenvalue weighted by molar-refractivity contribution is 9.10. The van der Waals surface area contributed by atoms with E-state index in [1.54, 1.807) is 0 Å². The maximum Gasteiger partial charge on any atom is 0.326 e. The number of alkyl halides is 1. The normalized spacial score (nSPS) is 13.9. The lowest BCUT2D eigenvalue weighted by molar-refractivity contribution is -0.141. The van der Waals surface area contributed by atoms with Crippen LogP contribution in [0.1, 0.15) is 19.4 Å². The predicted molar refractivity (Wildman–Crippen MR) is 77.3 cm³/mol. The van der Waals surface area contributed by atoms with E-state index < -0.39 is 12.0 Å². The van der Waals surface area contributed by atoms with Crippen LogP contribution in [0.15, 0.2) is 30.3 Å². The highest BCUT2D eigenvalue weighted by Crippen LogP contribution is 2.12. The molecule has 0 fully saturated rings. The van der Waals surface area contributed by atoms with Crippen LogP contribution in [0.4, 0.5) is 0 Å². The summed E-state index contributed by atoms with van der Waals surface area (Å²) in [5, 5.41) is 11.7. The summed E-state index contributed by atoms with van der Waals surface area (Å²) in [6.45, 7) is 3.79. The van der Waals surface area contributed by atoms with Gasteiger partial charge in [0.1, 0.15) is 6.04 Å². The number of benzene rings is 1. The van der Waals surface area contributed by atoms with Gasteiger partial charge in [0, 0.05) is 6.42 Å². The Hall–Kier alpha value is -1.36. The fourth-order valence-corrected chi connectivity index (χ4v) is 1.74. The van der Waals surface area contributed by atoms with Gasteiger partial charge < -0.3 is 10.4 Å². The van der Waals surface area contributed by atoms with Crippen molar-refractivity contribution in [1.29, 1.82) is 0 Å². The summed E-state index contributed by atoms with van der Waals surface area (Å²) < 4.78 is 0. The van der Waals surface area contributed by atoms with Crippen molar-refractivity contribution < 1.29 is 14.7 Å². The molecule has 0 aliphatic heterocycles. The van der Waals surface area contributed by atoms with Gasteiger partial charge in [-0.1, -0.05) is 60.1 Å². The number of rotatable bonds is 6. The molecular weight excluding hydrogens is 310 g/mol. The van der Waals surface area contributed by atoms with Crippen LogP contribution in [0.2, 0.25) is 0 Å². The number of carboxylic acids is 1. The Balaban J connectivity index is 2.69. The van der Waals surface area contributed by atoms with Gasteiger partial charge in [0.15, 0.2) is 0 Å². The zero-order valence-electron chi connectivity index (χ0n) is 11.0. The number of nitrogens with one attached hydrogen (secondary N) is 1. The highest BCUT2D eigenvalue weighted by Gasteiger charge is 2.25. The van der Waals surface area contributed by atoms with Crippen LogP contribution >= 0.6 is 15.9 Å².